The van der Waals surface area contributed by atoms with Crippen LogP contribution in [0.3, 0.4) is 0 Å². The van der Waals surface area contributed by atoms with E-state index in [9.17, 15) is 17.6 Å². The number of halogens is 4. The van der Waals surface area contributed by atoms with Crippen LogP contribution in [0.4, 0.5) is 17.6 Å². The van der Waals surface area contributed by atoms with Crippen LogP contribution in [-0.4, -0.2) is 6.61 Å². The van der Waals surface area contributed by atoms with Gasteiger partial charge in [-0.25, -0.2) is 4.39 Å². The van der Waals surface area contributed by atoms with Gasteiger partial charge >= 0.3 is 6.18 Å². The van der Waals surface area contributed by atoms with Crippen molar-refractivity contribution in [1.82, 2.24) is 0 Å². The molecular formula is C12H12F4O. The van der Waals surface area contributed by atoms with E-state index in [1.54, 1.807) is 0 Å². The second kappa shape index (κ2) is 5.21. The van der Waals surface area contributed by atoms with E-state index in [1.807, 2.05) is 6.92 Å². The van der Waals surface area contributed by atoms with Crippen molar-refractivity contribution in [2.45, 2.75) is 19.5 Å². The first-order valence-corrected chi connectivity index (χ1v) is 5.00. The van der Waals surface area contributed by atoms with Crippen molar-refractivity contribution in [3.63, 3.8) is 0 Å². The number of rotatable bonds is 4. The van der Waals surface area contributed by atoms with Gasteiger partial charge in [0.1, 0.15) is 6.61 Å². The third kappa shape index (κ3) is 3.76. The number of benzene rings is 1. The summed E-state index contributed by atoms with van der Waals surface area (Å²) in [5.41, 5.74) is -0.252. The monoisotopic (exact) mass is 248 g/mol. The van der Waals surface area contributed by atoms with E-state index in [1.165, 1.54) is 0 Å². The van der Waals surface area contributed by atoms with E-state index >= 15 is 0 Å². The Morgan fingerprint density at radius 1 is 1.35 bits per heavy atom. The van der Waals surface area contributed by atoms with Crippen molar-refractivity contribution < 1.29 is 22.3 Å². The normalized spacial score (nSPS) is 11.4. The molecule has 1 aromatic rings. The Morgan fingerprint density at radius 3 is 2.53 bits per heavy atom. The molecule has 5 heteroatoms. The van der Waals surface area contributed by atoms with Gasteiger partial charge in [-0.1, -0.05) is 13.5 Å². The minimum absolute atomic E-state index is 0.00866. The molecule has 0 radical (unpaired) electrons. The molecule has 0 aromatic heterocycles. The maximum atomic E-state index is 13.2. The molecule has 0 atom stereocenters. The molecule has 1 rings (SSSR count). The predicted octanol–water partition coefficient (Wildman–Crippen LogP) is 4.19. The summed E-state index contributed by atoms with van der Waals surface area (Å²) < 4.78 is 55.2. The molecule has 1 aromatic carbocycles. The molecule has 0 spiro atoms. The summed E-state index contributed by atoms with van der Waals surface area (Å²) in [6.45, 7) is 5.46. The Kier molecular flexibility index (Phi) is 4.15. The maximum absolute atomic E-state index is 13.2. The highest BCUT2D eigenvalue weighted by Gasteiger charge is 2.31. The van der Waals surface area contributed by atoms with Crippen LogP contribution >= 0.6 is 0 Å². The zero-order valence-corrected chi connectivity index (χ0v) is 9.27. The molecule has 0 heterocycles. The van der Waals surface area contributed by atoms with Crippen LogP contribution in [0, 0.1) is 5.82 Å². The summed E-state index contributed by atoms with van der Waals surface area (Å²) in [4.78, 5) is 0. The van der Waals surface area contributed by atoms with Crippen molar-refractivity contribution >= 4 is 0 Å². The summed E-state index contributed by atoms with van der Waals surface area (Å²) in [7, 11) is 0. The molecule has 94 valence electrons. The Labute approximate surface area is 96.7 Å². The van der Waals surface area contributed by atoms with Gasteiger partial charge in [-0.15, -0.1) is 0 Å². The van der Waals surface area contributed by atoms with Gasteiger partial charge in [0.15, 0.2) is 11.6 Å². The summed E-state index contributed by atoms with van der Waals surface area (Å²) in [5.74, 6) is -1.23. The molecule has 0 aliphatic heterocycles. The third-order valence-corrected chi connectivity index (χ3v) is 2.19. The SMILES string of the molecule is C=C(CC)COc1cc(C(F)(F)F)ccc1F. The van der Waals surface area contributed by atoms with Crippen LogP contribution in [0.15, 0.2) is 30.4 Å². The van der Waals surface area contributed by atoms with E-state index in [0.29, 0.717) is 24.1 Å². The second-order valence-corrected chi connectivity index (χ2v) is 3.54. The van der Waals surface area contributed by atoms with Crippen molar-refractivity contribution in [3.8, 4) is 5.75 Å². The lowest BCUT2D eigenvalue weighted by molar-refractivity contribution is -0.137. The second-order valence-electron chi connectivity index (χ2n) is 3.54. The molecule has 0 fully saturated rings. The minimum atomic E-state index is -4.51. The fraction of sp³-hybridized carbons (Fsp3) is 0.333. The van der Waals surface area contributed by atoms with Gasteiger partial charge < -0.3 is 4.74 Å². The largest absolute Gasteiger partial charge is 0.486 e. The zero-order chi connectivity index (χ0) is 13.1. The topological polar surface area (TPSA) is 9.23 Å². The minimum Gasteiger partial charge on any atom is -0.486 e. The maximum Gasteiger partial charge on any atom is 0.416 e. The van der Waals surface area contributed by atoms with Crippen molar-refractivity contribution in [1.29, 1.82) is 0 Å². The van der Waals surface area contributed by atoms with Gasteiger partial charge in [0.2, 0.25) is 0 Å². The van der Waals surface area contributed by atoms with Gasteiger partial charge in [0.05, 0.1) is 5.56 Å². The van der Waals surface area contributed by atoms with E-state index in [4.69, 9.17) is 4.74 Å². The summed E-state index contributed by atoms with van der Waals surface area (Å²) >= 11 is 0. The summed E-state index contributed by atoms with van der Waals surface area (Å²) in [6, 6.07) is 2.07. The van der Waals surface area contributed by atoms with Crippen LogP contribution in [0.2, 0.25) is 0 Å². The Hall–Kier alpha value is -1.52. The van der Waals surface area contributed by atoms with E-state index in [2.05, 4.69) is 6.58 Å². The fourth-order valence-electron chi connectivity index (χ4n) is 1.07. The molecule has 0 aliphatic rings. The average molecular weight is 248 g/mol. The molecule has 0 amide bonds. The smallest absolute Gasteiger partial charge is 0.416 e. The van der Waals surface area contributed by atoms with Gasteiger partial charge in [0, 0.05) is 0 Å². The summed E-state index contributed by atoms with van der Waals surface area (Å²) in [5, 5.41) is 0. The third-order valence-electron chi connectivity index (χ3n) is 2.19. The highest BCUT2D eigenvalue weighted by Crippen LogP contribution is 2.32. The lowest BCUT2D eigenvalue weighted by Crippen LogP contribution is -2.07. The Morgan fingerprint density at radius 2 is 2.00 bits per heavy atom. The Balaban J connectivity index is 2.88. The standard InChI is InChI=1S/C12H12F4O/c1-3-8(2)7-17-11-6-9(12(14,15)16)4-5-10(11)13/h4-6H,2-3,7H2,1H3. The first-order valence-electron chi connectivity index (χ1n) is 5.00. The van der Waals surface area contributed by atoms with E-state index in [-0.39, 0.29) is 6.61 Å². The van der Waals surface area contributed by atoms with Crippen LogP contribution in [-0.2, 0) is 6.18 Å². The molecule has 0 saturated carbocycles. The van der Waals surface area contributed by atoms with Gasteiger partial charge in [-0.3, -0.25) is 0 Å². The predicted molar refractivity (Wildman–Crippen MR) is 56.3 cm³/mol. The molecular weight excluding hydrogens is 236 g/mol. The fourth-order valence-corrected chi connectivity index (χ4v) is 1.07. The van der Waals surface area contributed by atoms with Crippen LogP contribution in [0.25, 0.3) is 0 Å². The Bertz CT molecular complexity index is 409. The quantitative estimate of drug-likeness (QED) is 0.573. The first kappa shape index (κ1) is 13.5. The molecule has 0 unspecified atom stereocenters. The van der Waals surface area contributed by atoms with Crippen molar-refractivity contribution in [2.24, 2.45) is 0 Å². The molecule has 0 bridgehead atoms. The van der Waals surface area contributed by atoms with Crippen molar-refractivity contribution in [3.05, 3.63) is 41.7 Å². The molecule has 1 nitrogen and oxygen atoms in total. The molecule has 0 saturated heterocycles. The van der Waals surface area contributed by atoms with E-state index in [0.717, 1.165) is 6.07 Å². The molecule has 0 aliphatic carbocycles. The number of ether oxygens (including phenoxy) is 1. The highest BCUT2D eigenvalue weighted by atomic mass is 19.4. The van der Waals surface area contributed by atoms with Crippen LogP contribution in [0.5, 0.6) is 5.75 Å². The number of alkyl halides is 3. The molecule has 17 heavy (non-hydrogen) atoms. The lowest BCUT2D eigenvalue weighted by atomic mass is 10.2. The number of hydrogen-bond acceptors (Lipinski definition) is 1. The lowest BCUT2D eigenvalue weighted by Gasteiger charge is -2.11. The van der Waals surface area contributed by atoms with Crippen molar-refractivity contribution in [2.75, 3.05) is 6.61 Å². The first-order chi connectivity index (χ1) is 7.84. The highest BCUT2D eigenvalue weighted by molar-refractivity contribution is 5.32. The van der Waals surface area contributed by atoms with Crippen LogP contribution < -0.4 is 4.74 Å². The van der Waals surface area contributed by atoms with Crippen LogP contribution in [0.1, 0.15) is 18.9 Å². The average Bonchev–Trinajstić information content (AvgIpc) is 2.26. The molecule has 0 N–H and O–H groups in total. The number of hydrogen-bond donors (Lipinski definition) is 0. The van der Waals surface area contributed by atoms with Gasteiger partial charge in [-0.05, 0) is 30.2 Å². The summed E-state index contributed by atoms with van der Waals surface area (Å²) in [6.07, 6.45) is -3.88. The zero-order valence-electron chi connectivity index (χ0n) is 9.27. The van der Waals surface area contributed by atoms with Gasteiger partial charge in [0.25, 0.3) is 0 Å². The van der Waals surface area contributed by atoms with Gasteiger partial charge in [-0.2, -0.15) is 13.2 Å². The van der Waals surface area contributed by atoms with E-state index < -0.39 is 23.3 Å².